The summed E-state index contributed by atoms with van der Waals surface area (Å²) in [6.45, 7) is 0. The van der Waals surface area contributed by atoms with E-state index in [1.165, 1.54) is 22.5 Å². The molecular weight excluding hydrogens is 338 g/mol. The summed E-state index contributed by atoms with van der Waals surface area (Å²) in [6, 6.07) is 5.83. The highest BCUT2D eigenvalue weighted by Crippen LogP contribution is 2.23. The number of Topliss-reactive ketones (excluding diaryl/α,β-unsaturated/α-hetero) is 1. The maximum Gasteiger partial charge on any atom is 0.226 e. The Kier molecular flexibility index (Phi) is 5.23. The molecule has 0 fully saturated rings. The lowest BCUT2D eigenvalue weighted by molar-refractivity contribution is -0.117. The lowest BCUT2D eigenvalue weighted by Gasteiger charge is -2.05. The molecule has 0 aliphatic heterocycles. The van der Waals surface area contributed by atoms with Gasteiger partial charge in [-0.15, -0.1) is 11.3 Å². The SMILES string of the molecule is NC(=O)Cc1csc(NC(=O)CCC(=O)c2ccc3c(c2)CCC3)n1. The molecule has 2 amide bonds. The Morgan fingerprint density at radius 1 is 1.16 bits per heavy atom. The topological polar surface area (TPSA) is 102 Å². The van der Waals surface area contributed by atoms with Gasteiger partial charge in [-0.2, -0.15) is 0 Å². The quantitative estimate of drug-likeness (QED) is 0.742. The normalized spacial score (nSPS) is 12.6. The summed E-state index contributed by atoms with van der Waals surface area (Å²) in [7, 11) is 0. The number of nitrogens with two attached hydrogens (primary N) is 1. The number of benzene rings is 1. The summed E-state index contributed by atoms with van der Waals surface area (Å²) in [5, 5.41) is 4.73. The van der Waals surface area contributed by atoms with Crippen LogP contribution in [0.5, 0.6) is 0 Å². The molecule has 3 N–H and O–H groups in total. The molecule has 0 radical (unpaired) electrons. The summed E-state index contributed by atoms with van der Waals surface area (Å²) < 4.78 is 0. The highest BCUT2D eigenvalue weighted by Gasteiger charge is 2.15. The lowest BCUT2D eigenvalue weighted by atomic mass is 10.0. The molecule has 1 aromatic heterocycles. The van der Waals surface area contributed by atoms with Crippen LogP contribution in [0.2, 0.25) is 0 Å². The van der Waals surface area contributed by atoms with Crippen LogP contribution in [0.25, 0.3) is 0 Å². The van der Waals surface area contributed by atoms with E-state index in [2.05, 4.69) is 10.3 Å². The number of nitrogens with zero attached hydrogens (tertiary/aromatic N) is 1. The van der Waals surface area contributed by atoms with Crippen LogP contribution in [0.4, 0.5) is 5.13 Å². The Bertz CT molecular complexity index is 829. The van der Waals surface area contributed by atoms with Crippen molar-refractivity contribution in [1.29, 1.82) is 0 Å². The molecule has 0 spiro atoms. The van der Waals surface area contributed by atoms with Crippen molar-refractivity contribution in [3.8, 4) is 0 Å². The molecule has 1 aromatic carbocycles. The van der Waals surface area contributed by atoms with Gasteiger partial charge in [-0.1, -0.05) is 12.1 Å². The van der Waals surface area contributed by atoms with Crippen LogP contribution in [-0.2, 0) is 28.9 Å². The van der Waals surface area contributed by atoms with Gasteiger partial charge in [0.05, 0.1) is 12.1 Å². The van der Waals surface area contributed by atoms with E-state index >= 15 is 0 Å². The van der Waals surface area contributed by atoms with E-state index in [0.29, 0.717) is 16.4 Å². The molecule has 25 heavy (non-hydrogen) atoms. The summed E-state index contributed by atoms with van der Waals surface area (Å²) in [5.41, 5.74) is 8.88. The van der Waals surface area contributed by atoms with Crippen molar-refractivity contribution in [1.82, 2.24) is 4.98 Å². The predicted molar refractivity (Wildman–Crippen MR) is 95.7 cm³/mol. The molecule has 0 unspecified atom stereocenters. The second kappa shape index (κ2) is 7.57. The van der Waals surface area contributed by atoms with Gasteiger partial charge in [-0.3, -0.25) is 14.4 Å². The van der Waals surface area contributed by atoms with Gasteiger partial charge in [0.15, 0.2) is 10.9 Å². The molecule has 3 rings (SSSR count). The second-order valence-corrected chi connectivity index (χ2v) is 6.95. The third-order valence-electron chi connectivity index (χ3n) is 4.15. The Balaban J connectivity index is 1.51. The Hall–Kier alpha value is -2.54. The molecule has 1 aliphatic rings. The fourth-order valence-electron chi connectivity index (χ4n) is 2.92. The van der Waals surface area contributed by atoms with Gasteiger partial charge in [0, 0.05) is 23.8 Å². The molecule has 7 heteroatoms. The maximum absolute atomic E-state index is 12.3. The first-order chi connectivity index (χ1) is 12.0. The number of hydrogen-bond donors (Lipinski definition) is 2. The molecular formula is C18H19N3O3S. The number of amides is 2. The average molecular weight is 357 g/mol. The van der Waals surface area contributed by atoms with Gasteiger partial charge in [0.25, 0.3) is 0 Å². The Labute approximate surface area is 149 Å². The van der Waals surface area contributed by atoms with Crippen molar-refractivity contribution in [3.63, 3.8) is 0 Å². The van der Waals surface area contributed by atoms with Crippen molar-refractivity contribution >= 4 is 34.1 Å². The number of carbonyl (C=O) groups is 3. The average Bonchev–Trinajstić information content (AvgIpc) is 3.20. The third-order valence-corrected chi connectivity index (χ3v) is 4.96. The number of hydrogen-bond acceptors (Lipinski definition) is 5. The van der Waals surface area contributed by atoms with Gasteiger partial charge in [0.1, 0.15) is 0 Å². The smallest absolute Gasteiger partial charge is 0.226 e. The molecule has 0 saturated heterocycles. The predicted octanol–water partition coefficient (Wildman–Crippen LogP) is 2.26. The molecule has 6 nitrogen and oxygen atoms in total. The van der Waals surface area contributed by atoms with Gasteiger partial charge < -0.3 is 11.1 Å². The third kappa shape index (κ3) is 4.51. The Morgan fingerprint density at radius 3 is 2.76 bits per heavy atom. The number of anilines is 1. The number of rotatable bonds is 7. The van der Waals surface area contributed by atoms with Crippen molar-refractivity contribution < 1.29 is 14.4 Å². The second-order valence-electron chi connectivity index (χ2n) is 6.10. The highest BCUT2D eigenvalue weighted by atomic mass is 32.1. The van der Waals surface area contributed by atoms with E-state index in [1.807, 2.05) is 18.2 Å². The minimum atomic E-state index is -0.469. The molecule has 1 aliphatic carbocycles. The van der Waals surface area contributed by atoms with E-state index < -0.39 is 5.91 Å². The molecule has 1 heterocycles. The van der Waals surface area contributed by atoms with E-state index in [-0.39, 0.29) is 31.0 Å². The zero-order valence-electron chi connectivity index (χ0n) is 13.7. The first kappa shape index (κ1) is 17.3. The van der Waals surface area contributed by atoms with Gasteiger partial charge in [-0.05, 0) is 36.5 Å². The molecule has 130 valence electrons. The maximum atomic E-state index is 12.3. The number of fused-ring (bicyclic) bond motifs is 1. The van der Waals surface area contributed by atoms with Gasteiger partial charge >= 0.3 is 0 Å². The van der Waals surface area contributed by atoms with Crippen molar-refractivity contribution in [3.05, 3.63) is 46.0 Å². The van der Waals surface area contributed by atoms with E-state index in [9.17, 15) is 14.4 Å². The number of ketones is 1. The first-order valence-corrected chi connectivity index (χ1v) is 9.07. The van der Waals surface area contributed by atoms with Crippen LogP contribution >= 0.6 is 11.3 Å². The standard InChI is InChI=1S/C18H19N3O3S/c19-16(23)9-14-10-25-18(20-14)21-17(24)7-6-15(22)13-5-4-11-2-1-3-12(11)8-13/h4-5,8,10H,1-3,6-7,9H2,(H2,19,23)(H,20,21,24). The Morgan fingerprint density at radius 2 is 1.96 bits per heavy atom. The first-order valence-electron chi connectivity index (χ1n) is 8.19. The fourth-order valence-corrected chi connectivity index (χ4v) is 3.65. The molecule has 2 aromatic rings. The van der Waals surface area contributed by atoms with Crippen LogP contribution in [-0.4, -0.2) is 22.6 Å². The molecule has 0 atom stereocenters. The highest BCUT2D eigenvalue weighted by molar-refractivity contribution is 7.13. The van der Waals surface area contributed by atoms with Gasteiger partial charge in [-0.25, -0.2) is 4.98 Å². The van der Waals surface area contributed by atoms with Crippen LogP contribution in [0.3, 0.4) is 0 Å². The summed E-state index contributed by atoms with van der Waals surface area (Å²) in [5.74, 6) is -0.768. The van der Waals surface area contributed by atoms with E-state index in [0.717, 1.165) is 19.3 Å². The number of aryl methyl sites for hydroxylation is 2. The number of nitrogens with one attached hydrogen (secondary N) is 1. The lowest BCUT2D eigenvalue weighted by Crippen LogP contribution is -2.15. The zero-order chi connectivity index (χ0) is 17.8. The number of carbonyl (C=O) groups excluding carboxylic acids is 3. The van der Waals surface area contributed by atoms with Crippen LogP contribution in [0, 0.1) is 0 Å². The van der Waals surface area contributed by atoms with Crippen LogP contribution in [0.15, 0.2) is 23.6 Å². The monoisotopic (exact) mass is 357 g/mol. The van der Waals surface area contributed by atoms with Crippen LogP contribution in [0.1, 0.15) is 46.4 Å². The fraction of sp³-hybridized carbons (Fsp3) is 0.333. The van der Waals surface area contributed by atoms with Crippen molar-refractivity contribution in [2.45, 2.75) is 38.5 Å². The zero-order valence-corrected chi connectivity index (χ0v) is 14.5. The summed E-state index contributed by atoms with van der Waals surface area (Å²) in [6.07, 6.45) is 3.54. The number of aromatic nitrogens is 1. The minimum absolute atomic E-state index is 0.0293. The van der Waals surface area contributed by atoms with Crippen molar-refractivity contribution in [2.75, 3.05) is 5.32 Å². The molecule has 0 saturated carbocycles. The number of thiazole rings is 1. The van der Waals surface area contributed by atoms with Gasteiger partial charge in [0.2, 0.25) is 11.8 Å². The van der Waals surface area contributed by atoms with Crippen LogP contribution < -0.4 is 11.1 Å². The minimum Gasteiger partial charge on any atom is -0.369 e. The largest absolute Gasteiger partial charge is 0.369 e. The summed E-state index contributed by atoms with van der Waals surface area (Å²) >= 11 is 1.23. The molecule has 0 bridgehead atoms. The van der Waals surface area contributed by atoms with E-state index in [4.69, 9.17) is 5.73 Å². The van der Waals surface area contributed by atoms with E-state index in [1.54, 1.807) is 5.38 Å². The number of primary amides is 1. The summed E-state index contributed by atoms with van der Waals surface area (Å²) in [4.78, 5) is 39.2. The van der Waals surface area contributed by atoms with Crippen molar-refractivity contribution in [2.24, 2.45) is 5.73 Å².